The predicted octanol–water partition coefficient (Wildman–Crippen LogP) is 3.33. The van der Waals surface area contributed by atoms with E-state index in [9.17, 15) is 9.59 Å². The summed E-state index contributed by atoms with van der Waals surface area (Å²) < 4.78 is 6.26. The van der Waals surface area contributed by atoms with Crippen LogP contribution in [0.4, 0.5) is 0 Å². The molecule has 0 fully saturated rings. The molecule has 0 aliphatic heterocycles. The van der Waals surface area contributed by atoms with E-state index in [2.05, 4.69) is 10.3 Å². The van der Waals surface area contributed by atoms with E-state index in [1.54, 1.807) is 18.4 Å². The number of aromatic carboxylic acids is 1. The summed E-state index contributed by atoms with van der Waals surface area (Å²) in [5.74, 6) is -0.330. The fourth-order valence-electron chi connectivity index (χ4n) is 3.01. The van der Waals surface area contributed by atoms with Gasteiger partial charge in [-0.15, -0.1) is 11.3 Å². The van der Waals surface area contributed by atoms with Gasteiger partial charge in [0.05, 0.1) is 22.5 Å². The van der Waals surface area contributed by atoms with Crippen LogP contribution in [0.15, 0.2) is 28.9 Å². The average molecular weight is 330 g/mol. The van der Waals surface area contributed by atoms with Gasteiger partial charge < -0.3 is 19.8 Å². The average Bonchev–Trinajstić information content (AvgIpc) is 3.21. The van der Waals surface area contributed by atoms with E-state index in [-0.39, 0.29) is 16.8 Å². The molecule has 23 heavy (non-hydrogen) atoms. The zero-order chi connectivity index (χ0) is 16.0. The standard InChI is InChI=1S/C16H14N2O4S/c19-15(18-9-3-1-2-8-4-5-22-14(8)9)11-7-12-10(17-11)6-13(23-12)16(20)21/h4-7,9,17H,1-3H2,(H,18,19)(H,20,21). The minimum Gasteiger partial charge on any atom is -0.477 e. The molecule has 0 radical (unpaired) electrons. The van der Waals surface area contributed by atoms with Crippen molar-refractivity contribution in [3.05, 3.63) is 46.4 Å². The second-order valence-electron chi connectivity index (χ2n) is 5.61. The number of thiophene rings is 1. The van der Waals surface area contributed by atoms with Crippen molar-refractivity contribution in [3.63, 3.8) is 0 Å². The number of aromatic amines is 1. The lowest BCUT2D eigenvalue weighted by Crippen LogP contribution is -2.30. The quantitative estimate of drug-likeness (QED) is 0.686. The van der Waals surface area contributed by atoms with Crippen molar-refractivity contribution in [3.8, 4) is 0 Å². The molecule has 0 aromatic carbocycles. The van der Waals surface area contributed by atoms with E-state index >= 15 is 0 Å². The number of aromatic nitrogens is 1. The van der Waals surface area contributed by atoms with E-state index in [1.165, 1.54) is 0 Å². The van der Waals surface area contributed by atoms with Crippen molar-refractivity contribution in [2.45, 2.75) is 25.3 Å². The lowest BCUT2D eigenvalue weighted by Gasteiger charge is -2.21. The second-order valence-corrected chi connectivity index (χ2v) is 6.69. The number of carbonyl (C=O) groups excluding carboxylic acids is 1. The molecule has 7 heteroatoms. The molecule has 0 saturated heterocycles. The third-order valence-corrected chi connectivity index (χ3v) is 5.17. The number of nitrogens with one attached hydrogen (secondary N) is 2. The van der Waals surface area contributed by atoms with Crippen LogP contribution >= 0.6 is 11.3 Å². The van der Waals surface area contributed by atoms with Crippen LogP contribution < -0.4 is 5.32 Å². The van der Waals surface area contributed by atoms with Crippen molar-refractivity contribution < 1.29 is 19.1 Å². The van der Waals surface area contributed by atoms with Gasteiger partial charge in [0.15, 0.2) is 0 Å². The topological polar surface area (TPSA) is 95.3 Å². The van der Waals surface area contributed by atoms with Gasteiger partial charge in [0.1, 0.15) is 16.3 Å². The molecule has 1 aliphatic rings. The van der Waals surface area contributed by atoms with Gasteiger partial charge in [-0.05, 0) is 43.0 Å². The number of carbonyl (C=O) groups is 2. The number of fused-ring (bicyclic) bond motifs is 2. The van der Waals surface area contributed by atoms with Gasteiger partial charge in [-0.25, -0.2) is 4.79 Å². The Morgan fingerprint density at radius 2 is 2.26 bits per heavy atom. The summed E-state index contributed by atoms with van der Waals surface area (Å²) in [6.45, 7) is 0. The molecule has 3 N–H and O–H groups in total. The van der Waals surface area contributed by atoms with Crippen molar-refractivity contribution in [2.24, 2.45) is 0 Å². The third kappa shape index (κ3) is 2.43. The monoisotopic (exact) mass is 330 g/mol. The third-order valence-electron chi connectivity index (χ3n) is 4.10. The molecule has 3 aromatic heterocycles. The van der Waals surface area contributed by atoms with Crippen LogP contribution in [0.25, 0.3) is 10.2 Å². The van der Waals surface area contributed by atoms with Gasteiger partial charge in [0, 0.05) is 0 Å². The highest BCUT2D eigenvalue weighted by atomic mass is 32.1. The van der Waals surface area contributed by atoms with Crippen LogP contribution in [-0.4, -0.2) is 22.0 Å². The summed E-state index contributed by atoms with van der Waals surface area (Å²) in [6.07, 6.45) is 4.51. The van der Waals surface area contributed by atoms with Crippen LogP contribution in [-0.2, 0) is 6.42 Å². The van der Waals surface area contributed by atoms with Gasteiger partial charge in [-0.2, -0.15) is 0 Å². The van der Waals surface area contributed by atoms with E-state index in [0.29, 0.717) is 11.2 Å². The molecule has 3 heterocycles. The number of aryl methyl sites for hydroxylation is 1. The molecule has 3 aromatic rings. The lowest BCUT2D eigenvalue weighted by molar-refractivity contribution is 0.0702. The van der Waals surface area contributed by atoms with Crippen LogP contribution in [0.3, 0.4) is 0 Å². The molecule has 1 atom stereocenters. The minimum atomic E-state index is -0.960. The summed E-state index contributed by atoms with van der Waals surface area (Å²) in [5.41, 5.74) is 2.25. The second kappa shape index (κ2) is 5.27. The maximum atomic E-state index is 12.4. The molecule has 1 aliphatic carbocycles. The van der Waals surface area contributed by atoms with Crippen molar-refractivity contribution in [1.82, 2.24) is 10.3 Å². The first-order valence-corrected chi connectivity index (χ1v) is 8.16. The van der Waals surface area contributed by atoms with E-state index in [1.807, 2.05) is 6.07 Å². The normalized spacial score (nSPS) is 17.1. The van der Waals surface area contributed by atoms with Crippen molar-refractivity contribution in [2.75, 3.05) is 0 Å². The van der Waals surface area contributed by atoms with Crippen molar-refractivity contribution in [1.29, 1.82) is 0 Å². The lowest BCUT2D eigenvalue weighted by atomic mass is 9.94. The zero-order valence-electron chi connectivity index (χ0n) is 12.1. The molecule has 1 amide bonds. The number of carboxylic acids is 1. The molecule has 0 saturated carbocycles. The first kappa shape index (κ1) is 14.1. The Morgan fingerprint density at radius 3 is 3.04 bits per heavy atom. The molecule has 6 nitrogen and oxygen atoms in total. The van der Waals surface area contributed by atoms with E-state index < -0.39 is 5.97 Å². The Hall–Kier alpha value is -2.54. The van der Waals surface area contributed by atoms with E-state index in [4.69, 9.17) is 9.52 Å². The minimum absolute atomic E-state index is 0.114. The fraction of sp³-hybridized carbons (Fsp3) is 0.250. The Balaban J connectivity index is 1.56. The molecular weight excluding hydrogens is 316 g/mol. The van der Waals surface area contributed by atoms with Crippen molar-refractivity contribution >= 4 is 33.4 Å². The Bertz CT molecular complexity index is 873. The SMILES string of the molecule is O=C(NC1CCCc2ccoc21)c1cc2sc(C(=O)O)cc2[nH]1. The number of rotatable bonds is 3. The maximum absolute atomic E-state index is 12.4. The highest BCUT2D eigenvalue weighted by Crippen LogP contribution is 2.31. The van der Waals surface area contributed by atoms with Gasteiger partial charge >= 0.3 is 5.97 Å². The van der Waals surface area contributed by atoms with Gasteiger partial charge in [-0.3, -0.25) is 4.79 Å². The maximum Gasteiger partial charge on any atom is 0.345 e. The number of hydrogen-bond acceptors (Lipinski definition) is 4. The first-order chi connectivity index (χ1) is 11.1. The van der Waals surface area contributed by atoms with Gasteiger partial charge in [0.2, 0.25) is 0 Å². The van der Waals surface area contributed by atoms with Gasteiger partial charge in [0.25, 0.3) is 5.91 Å². The van der Waals surface area contributed by atoms with Crippen LogP contribution in [0.5, 0.6) is 0 Å². The first-order valence-electron chi connectivity index (χ1n) is 7.35. The van der Waals surface area contributed by atoms with Crippen LogP contribution in [0, 0.1) is 0 Å². The largest absolute Gasteiger partial charge is 0.477 e. The molecule has 4 rings (SSSR count). The van der Waals surface area contributed by atoms with Crippen LogP contribution in [0.2, 0.25) is 0 Å². The van der Waals surface area contributed by atoms with Gasteiger partial charge in [-0.1, -0.05) is 0 Å². The number of hydrogen-bond donors (Lipinski definition) is 3. The molecule has 0 spiro atoms. The summed E-state index contributed by atoms with van der Waals surface area (Å²) in [7, 11) is 0. The van der Waals surface area contributed by atoms with E-state index in [0.717, 1.165) is 46.6 Å². The summed E-state index contributed by atoms with van der Waals surface area (Å²) in [5, 5.41) is 12.0. The highest BCUT2D eigenvalue weighted by molar-refractivity contribution is 7.20. The number of furan rings is 1. The smallest absolute Gasteiger partial charge is 0.345 e. The predicted molar refractivity (Wildman–Crippen MR) is 85.0 cm³/mol. The summed E-state index contributed by atoms with van der Waals surface area (Å²) in [4.78, 5) is 26.6. The molecule has 0 bridgehead atoms. The number of amides is 1. The highest BCUT2D eigenvalue weighted by Gasteiger charge is 2.25. The molecule has 1 unspecified atom stereocenters. The Kier molecular flexibility index (Phi) is 3.23. The Labute approximate surface area is 135 Å². The number of H-pyrrole nitrogens is 1. The number of carboxylic acid groups (broad SMARTS) is 1. The van der Waals surface area contributed by atoms with Crippen LogP contribution in [0.1, 0.15) is 50.4 Å². The summed E-state index contributed by atoms with van der Waals surface area (Å²) >= 11 is 1.15. The zero-order valence-corrected chi connectivity index (χ0v) is 12.9. The molecule has 118 valence electrons. The summed E-state index contributed by atoms with van der Waals surface area (Å²) in [6, 6.07) is 5.07. The fourth-order valence-corrected chi connectivity index (χ4v) is 3.91. The Morgan fingerprint density at radius 1 is 1.39 bits per heavy atom. The molecular formula is C16H14N2O4S.